The third-order valence-electron chi connectivity index (χ3n) is 2.78. The summed E-state index contributed by atoms with van der Waals surface area (Å²) in [6, 6.07) is 5.96. The molecule has 0 spiro atoms. The minimum atomic E-state index is 0.727. The van der Waals surface area contributed by atoms with Gasteiger partial charge in [0.1, 0.15) is 0 Å². The summed E-state index contributed by atoms with van der Waals surface area (Å²) in [4.78, 5) is 12.1. The van der Waals surface area contributed by atoms with Gasteiger partial charge in [-0.3, -0.25) is 4.98 Å². The number of hydrogen-bond donors (Lipinski definition) is 1. The van der Waals surface area contributed by atoms with Gasteiger partial charge in [-0.15, -0.1) is 11.3 Å². The Kier molecular flexibility index (Phi) is 5.91. The molecule has 0 fully saturated rings. The van der Waals surface area contributed by atoms with Crippen molar-refractivity contribution in [3.8, 4) is 0 Å². The number of aromatic nitrogens is 2. The number of ether oxygens (including phenoxy) is 1. The second-order valence-corrected chi connectivity index (χ2v) is 5.55. The van der Waals surface area contributed by atoms with Crippen LogP contribution in [0.3, 0.4) is 0 Å². The van der Waals surface area contributed by atoms with Crippen LogP contribution >= 0.6 is 11.3 Å². The number of pyridine rings is 1. The Labute approximate surface area is 123 Å². The van der Waals surface area contributed by atoms with Crippen molar-refractivity contribution in [2.45, 2.75) is 13.1 Å². The molecule has 0 aromatic carbocycles. The van der Waals surface area contributed by atoms with Gasteiger partial charge in [0.2, 0.25) is 0 Å². The van der Waals surface area contributed by atoms with Gasteiger partial charge in [-0.25, -0.2) is 4.98 Å². The predicted octanol–water partition coefficient (Wildman–Crippen LogP) is 1.91. The second kappa shape index (κ2) is 7.94. The van der Waals surface area contributed by atoms with Crippen LogP contribution in [0.15, 0.2) is 30.6 Å². The van der Waals surface area contributed by atoms with E-state index < -0.39 is 0 Å². The minimum Gasteiger partial charge on any atom is -0.383 e. The number of thiazole rings is 1. The molecule has 0 unspecified atom stereocenters. The molecule has 108 valence electrons. The Morgan fingerprint density at radius 2 is 2.25 bits per heavy atom. The van der Waals surface area contributed by atoms with Gasteiger partial charge in [0, 0.05) is 44.5 Å². The first-order chi connectivity index (χ1) is 9.79. The Bertz CT molecular complexity index is 503. The number of rotatable bonds is 8. The van der Waals surface area contributed by atoms with Crippen molar-refractivity contribution in [2.75, 3.05) is 32.2 Å². The normalized spacial score (nSPS) is 10.7. The van der Waals surface area contributed by atoms with E-state index in [1.54, 1.807) is 18.4 Å². The molecular weight excluding hydrogens is 272 g/mol. The Balaban J connectivity index is 1.84. The number of nitrogens with one attached hydrogen (secondary N) is 1. The quantitative estimate of drug-likeness (QED) is 0.753. The Morgan fingerprint density at radius 1 is 1.35 bits per heavy atom. The van der Waals surface area contributed by atoms with E-state index in [1.807, 2.05) is 37.6 Å². The second-order valence-electron chi connectivity index (χ2n) is 4.46. The molecule has 0 saturated heterocycles. The summed E-state index contributed by atoms with van der Waals surface area (Å²) in [7, 11) is 3.74. The van der Waals surface area contributed by atoms with E-state index in [1.165, 1.54) is 4.88 Å². The molecule has 0 radical (unpaired) electrons. The fourth-order valence-corrected chi connectivity index (χ4v) is 2.58. The van der Waals surface area contributed by atoms with Crippen LogP contribution in [-0.4, -0.2) is 37.3 Å². The number of nitrogens with zero attached hydrogens (tertiary/aromatic N) is 3. The predicted molar refractivity (Wildman–Crippen MR) is 82.0 cm³/mol. The van der Waals surface area contributed by atoms with Gasteiger partial charge in [-0.05, 0) is 12.1 Å². The first-order valence-electron chi connectivity index (χ1n) is 6.55. The van der Waals surface area contributed by atoms with Crippen molar-refractivity contribution in [3.63, 3.8) is 0 Å². The zero-order chi connectivity index (χ0) is 14.2. The zero-order valence-electron chi connectivity index (χ0n) is 11.9. The highest BCUT2D eigenvalue weighted by Gasteiger charge is 2.08. The number of hydrogen-bond acceptors (Lipinski definition) is 6. The van der Waals surface area contributed by atoms with Crippen LogP contribution in [0.5, 0.6) is 0 Å². The third kappa shape index (κ3) is 4.56. The van der Waals surface area contributed by atoms with E-state index in [4.69, 9.17) is 4.74 Å². The van der Waals surface area contributed by atoms with Gasteiger partial charge >= 0.3 is 0 Å². The van der Waals surface area contributed by atoms with Crippen molar-refractivity contribution in [3.05, 3.63) is 41.2 Å². The lowest BCUT2D eigenvalue weighted by molar-refractivity contribution is 0.199. The summed E-state index contributed by atoms with van der Waals surface area (Å²) < 4.78 is 5.00. The highest BCUT2D eigenvalue weighted by atomic mass is 32.1. The molecular formula is C14H20N4OS. The molecule has 2 heterocycles. The molecule has 0 bridgehead atoms. The molecule has 0 aliphatic rings. The molecule has 2 aromatic rings. The molecule has 1 N–H and O–H groups in total. The van der Waals surface area contributed by atoms with E-state index in [0.717, 1.165) is 37.1 Å². The van der Waals surface area contributed by atoms with Crippen LogP contribution < -0.4 is 10.2 Å². The van der Waals surface area contributed by atoms with Gasteiger partial charge in [0.05, 0.1) is 18.8 Å². The Morgan fingerprint density at radius 3 is 3.00 bits per heavy atom. The molecule has 0 aliphatic heterocycles. The van der Waals surface area contributed by atoms with E-state index >= 15 is 0 Å². The van der Waals surface area contributed by atoms with Gasteiger partial charge in [-0.1, -0.05) is 6.07 Å². The maximum atomic E-state index is 5.00. The summed E-state index contributed by atoms with van der Waals surface area (Å²) in [6.07, 6.45) is 3.74. The molecule has 6 heteroatoms. The average Bonchev–Trinajstić information content (AvgIpc) is 2.94. The van der Waals surface area contributed by atoms with Gasteiger partial charge < -0.3 is 15.0 Å². The SMILES string of the molecule is COCCNCc1cnc(N(C)Cc2ccccn2)s1. The van der Waals surface area contributed by atoms with E-state index in [-0.39, 0.29) is 0 Å². The first kappa shape index (κ1) is 14.9. The van der Waals surface area contributed by atoms with Crippen LogP contribution in [0.2, 0.25) is 0 Å². The molecule has 0 aliphatic carbocycles. The highest BCUT2D eigenvalue weighted by Crippen LogP contribution is 2.22. The summed E-state index contributed by atoms with van der Waals surface area (Å²) in [6.45, 7) is 3.18. The summed E-state index contributed by atoms with van der Waals surface area (Å²) in [5.41, 5.74) is 1.05. The topological polar surface area (TPSA) is 50.3 Å². The fourth-order valence-electron chi connectivity index (χ4n) is 1.74. The largest absolute Gasteiger partial charge is 0.383 e. The highest BCUT2D eigenvalue weighted by molar-refractivity contribution is 7.15. The first-order valence-corrected chi connectivity index (χ1v) is 7.36. The van der Waals surface area contributed by atoms with Crippen LogP contribution in [0.1, 0.15) is 10.6 Å². The average molecular weight is 292 g/mol. The number of methoxy groups -OCH3 is 1. The lowest BCUT2D eigenvalue weighted by atomic mass is 10.3. The van der Waals surface area contributed by atoms with Crippen molar-refractivity contribution in [1.29, 1.82) is 0 Å². The smallest absolute Gasteiger partial charge is 0.185 e. The summed E-state index contributed by atoms with van der Waals surface area (Å²) in [5, 5.41) is 4.33. The van der Waals surface area contributed by atoms with E-state index in [9.17, 15) is 0 Å². The monoisotopic (exact) mass is 292 g/mol. The molecule has 2 rings (SSSR count). The molecule has 0 atom stereocenters. The van der Waals surface area contributed by atoms with Crippen molar-refractivity contribution in [1.82, 2.24) is 15.3 Å². The van der Waals surface area contributed by atoms with Crippen molar-refractivity contribution >= 4 is 16.5 Å². The van der Waals surface area contributed by atoms with Gasteiger partial charge in [0.25, 0.3) is 0 Å². The zero-order valence-corrected chi connectivity index (χ0v) is 12.7. The maximum Gasteiger partial charge on any atom is 0.185 e. The standard InChI is InChI=1S/C14H20N4OS/c1-18(11-12-5-3-4-6-16-12)14-17-10-13(20-14)9-15-7-8-19-2/h3-6,10,15H,7-9,11H2,1-2H3. The van der Waals surface area contributed by atoms with E-state index in [0.29, 0.717) is 0 Å². The molecule has 2 aromatic heterocycles. The molecule has 0 amide bonds. The molecule has 0 saturated carbocycles. The number of anilines is 1. The lowest BCUT2D eigenvalue weighted by Gasteiger charge is -2.14. The molecule has 5 nitrogen and oxygen atoms in total. The Hall–Kier alpha value is -1.50. The van der Waals surface area contributed by atoms with Crippen LogP contribution in [0, 0.1) is 0 Å². The van der Waals surface area contributed by atoms with Crippen molar-refractivity contribution in [2.24, 2.45) is 0 Å². The summed E-state index contributed by atoms with van der Waals surface area (Å²) in [5.74, 6) is 0. The maximum absolute atomic E-state index is 5.00. The fraction of sp³-hybridized carbons (Fsp3) is 0.429. The van der Waals surface area contributed by atoms with E-state index in [2.05, 4.69) is 20.2 Å². The third-order valence-corrected chi connectivity index (χ3v) is 3.89. The summed E-state index contributed by atoms with van der Waals surface area (Å²) >= 11 is 1.70. The van der Waals surface area contributed by atoms with Crippen molar-refractivity contribution < 1.29 is 4.74 Å². The van der Waals surface area contributed by atoms with Gasteiger partial charge in [0.15, 0.2) is 5.13 Å². The minimum absolute atomic E-state index is 0.727. The molecule has 20 heavy (non-hydrogen) atoms. The van der Waals surface area contributed by atoms with Crippen LogP contribution in [0.4, 0.5) is 5.13 Å². The lowest BCUT2D eigenvalue weighted by Crippen LogP contribution is -2.18. The van der Waals surface area contributed by atoms with Crippen LogP contribution in [-0.2, 0) is 17.8 Å². The van der Waals surface area contributed by atoms with Crippen LogP contribution in [0.25, 0.3) is 0 Å². The van der Waals surface area contributed by atoms with Gasteiger partial charge in [-0.2, -0.15) is 0 Å².